The van der Waals surface area contributed by atoms with E-state index in [4.69, 9.17) is 5.73 Å². The average molecular weight is 284 g/mol. The van der Waals surface area contributed by atoms with Gasteiger partial charge in [0.15, 0.2) is 0 Å². The Hall–Kier alpha value is -0.120. The quantitative estimate of drug-likeness (QED) is 0.861. The third-order valence-electron chi connectivity index (χ3n) is 5.64. The summed E-state index contributed by atoms with van der Waals surface area (Å²) in [7, 11) is 2.29. The molecule has 2 atom stereocenters. The van der Waals surface area contributed by atoms with Crippen LogP contribution in [0.3, 0.4) is 0 Å². The lowest BCUT2D eigenvalue weighted by Crippen LogP contribution is -2.58. The molecule has 20 heavy (non-hydrogen) atoms. The van der Waals surface area contributed by atoms with Crippen LogP contribution in [0.5, 0.6) is 0 Å². The van der Waals surface area contributed by atoms with Crippen LogP contribution in [0.25, 0.3) is 0 Å². The largest absolute Gasteiger partial charge is 0.329 e. The van der Waals surface area contributed by atoms with Gasteiger partial charge in [-0.25, -0.2) is 0 Å². The van der Waals surface area contributed by atoms with Gasteiger partial charge in [-0.2, -0.15) is 0 Å². The molecule has 2 unspecified atom stereocenters. The number of likely N-dealkylation sites (N-methyl/N-ethyl adjacent to an activating group) is 1. The number of hydrogen-bond donors (Lipinski definition) is 1. The van der Waals surface area contributed by atoms with Crippen molar-refractivity contribution in [3.63, 3.8) is 0 Å². The molecule has 1 heterocycles. The summed E-state index contributed by atoms with van der Waals surface area (Å²) in [5.41, 5.74) is 6.72. The van der Waals surface area contributed by atoms with Crippen LogP contribution < -0.4 is 5.73 Å². The van der Waals surface area contributed by atoms with Crippen LogP contribution >= 0.6 is 0 Å². The van der Waals surface area contributed by atoms with Crippen molar-refractivity contribution in [3.05, 3.63) is 0 Å². The molecule has 1 saturated heterocycles. The van der Waals surface area contributed by atoms with Crippen LogP contribution in [0.4, 0.5) is 0 Å². The van der Waals surface area contributed by atoms with Gasteiger partial charge in [-0.15, -0.1) is 0 Å². The summed E-state index contributed by atoms with van der Waals surface area (Å²) >= 11 is 0. The standard InChI is InChI=1S/C17H37N3/c1-14(2)20-11-8-9-17(13-18,10-12-20)19(7)15(3)16(4,5)6/h14-15H,8-13,18H2,1-7H3. The minimum absolute atomic E-state index is 0.177. The van der Waals surface area contributed by atoms with Crippen molar-refractivity contribution in [2.75, 3.05) is 26.7 Å². The van der Waals surface area contributed by atoms with Gasteiger partial charge in [0.05, 0.1) is 0 Å². The average Bonchev–Trinajstić information content (AvgIpc) is 2.59. The predicted molar refractivity (Wildman–Crippen MR) is 89.0 cm³/mol. The first-order valence-electron chi connectivity index (χ1n) is 8.31. The van der Waals surface area contributed by atoms with Crippen LogP contribution in [0.15, 0.2) is 0 Å². The first kappa shape index (κ1) is 17.9. The lowest BCUT2D eigenvalue weighted by Gasteiger charge is -2.48. The number of nitrogens with two attached hydrogens (primary N) is 1. The van der Waals surface area contributed by atoms with E-state index in [0.29, 0.717) is 17.5 Å². The molecule has 0 aliphatic carbocycles. The van der Waals surface area contributed by atoms with Crippen molar-refractivity contribution in [3.8, 4) is 0 Å². The van der Waals surface area contributed by atoms with Gasteiger partial charge in [0.2, 0.25) is 0 Å². The lowest BCUT2D eigenvalue weighted by molar-refractivity contribution is 0.0211. The second-order valence-electron chi connectivity index (χ2n) is 8.06. The fourth-order valence-electron chi connectivity index (χ4n) is 3.41. The summed E-state index contributed by atoms with van der Waals surface area (Å²) in [5, 5.41) is 0. The predicted octanol–water partition coefficient (Wildman–Crippen LogP) is 2.94. The molecule has 0 aromatic carbocycles. The topological polar surface area (TPSA) is 32.5 Å². The Bertz CT molecular complexity index is 295. The van der Waals surface area contributed by atoms with Crippen molar-refractivity contribution in [2.24, 2.45) is 11.1 Å². The smallest absolute Gasteiger partial charge is 0.0344 e. The Morgan fingerprint density at radius 2 is 1.75 bits per heavy atom. The summed E-state index contributed by atoms with van der Waals surface area (Å²) in [6, 6.07) is 1.19. The van der Waals surface area contributed by atoms with E-state index >= 15 is 0 Å². The Balaban J connectivity index is 2.86. The van der Waals surface area contributed by atoms with E-state index < -0.39 is 0 Å². The molecule has 1 aliphatic rings. The highest BCUT2D eigenvalue weighted by Gasteiger charge is 2.40. The van der Waals surface area contributed by atoms with Crippen LogP contribution in [-0.2, 0) is 0 Å². The van der Waals surface area contributed by atoms with Crippen molar-refractivity contribution >= 4 is 0 Å². The van der Waals surface area contributed by atoms with Crippen molar-refractivity contribution in [1.82, 2.24) is 9.80 Å². The fraction of sp³-hybridized carbons (Fsp3) is 1.00. The van der Waals surface area contributed by atoms with Crippen LogP contribution in [0, 0.1) is 5.41 Å². The molecule has 0 radical (unpaired) electrons. The van der Waals surface area contributed by atoms with Gasteiger partial charge >= 0.3 is 0 Å². The van der Waals surface area contributed by atoms with E-state index in [9.17, 15) is 0 Å². The molecule has 1 aliphatic heterocycles. The summed E-state index contributed by atoms with van der Waals surface area (Å²) < 4.78 is 0. The second kappa shape index (κ2) is 6.76. The van der Waals surface area contributed by atoms with E-state index in [1.54, 1.807) is 0 Å². The highest BCUT2D eigenvalue weighted by atomic mass is 15.2. The van der Waals surface area contributed by atoms with Gasteiger partial charge in [-0.05, 0) is 59.0 Å². The van der Waals surface area contributed by atoms with E-state index in [2.05, 4.69) is 58.4 Å². The molecule has 2 N–H and O–H groups in total. The monoisotopic (exact) mass is 283 g/mol. The molecule has 0 aromatic heterocycles. The zero-order valence-corrected chi connectivity index (χ0v) is 14.9. The zero-order chi connectivity index (χ0) is 15.6. The molecule has 0 spiro atoms. The summed E-state index contributed by atoms with van der Waals surface area (Å²) in [6.07, 6.45) is 3.68. The molecule has 3 nitrogen and oxygen atoms in total. The van der Waals surface area contributed by atoms with Crippen LogP contribution in [0.2, 0.25) is 0 Å². The fourth-order valence-corrected chi connectivity index (χ4v) is 3.41. The van der Waals surface area contributed by atoms with E-state index in [0.717, 1.165) is 6.54 Å². The van der Waals surface area contributed by atoms with Gasteiger partial charge in [-0.1, -0.05) is 20.8 Å². The number of hydrogen-bond acceptors (Lipinski definition) is 3. The maximum Gasteiger partial charge on any atom is 0.0344 e. The molecular formula is C17H37N3. The third kappa shape index (κ3) is 3.96. The highest BCUT2D eigenvalue weighted by molar-refractivity contribution is 4.97. The van der Waals surface area contributed by atoms with Gasteiger partial charge in [0, 0.05) is 30.7 Å². The third-order valence-corrected chi connectivity index (χ3v) is 5.64. The molecule has 120 valence electrons. The van der Waals surface area contributed by atoms with E-state index in [1.807, 2.05) is 0 Å². The van der Waals surface area contributed by atoms with Gasteiger partial charge in [-0.3, -0.25) is 4.90 Å². The number of rotatable bonds is 4. The zero-order valence-electron chi connectivity index (χ0n) is 14.9. The first-order chi connectivity index (χ1) is 9.14. The Morgan fingerprint density at radius 3 is 2.20 bits per heavy atom. The van der Waals surface area contributed by atoms with Crippen molar-refractivity contribution in [2.45, 2.75) is 78.4 Å². The normalized spacial score (nSPS) is 27.9. The summed E-state index contributed by atoms with van der Waals surface area (Å²) in [6.45, 7) is 17.1. The summed E-state index contributed by atoms with van der Waals surface area (Å²) in [4.78, 5) is 5.18. The Morgan fingerprint density at radius 1 is 1.15 bits per heavy atom. The van der Waals surface area contributed by atoms with Crippen LogP contribution in [0.1, 0.15) is 60.8 Å². The molecular weight excluding hydrogens is 246 g/mol. The molecule has 0 bridgehead atoms. The van der Waals surface area contributed by atoms with Gasteiger partial charge in [0.1, 0.15) is 0 Å². The van der Waals surface area contributed by atoms with Crippen molar-refractivity contribution in [1.29, 1.82) is 0 Å². The molecule has 1 fully saturated rings. The minimum atomic E-state index is 0.177. The van der Waals surface area contributed by atoms with E-state index in [1.165, 1.54) is 32.4 Å². The van der Waals surface area contributed by atoms with Crippen LogP contribution in [-0.4, -0.2) is 54.1 Å². The maximum atomic E-state index is 6.25. The van der Waals surface area contributed by atoms with Gasteiger partial charge in [0.25, 0.3) is 0 Å². The number of nitrogens with zero attached hydrogens (tertiary/aromatic N) is 2. The minimum Gasteiger partial charge on any atom is -0.329 e. The second-order valence-corrected chi connectivity index (χ2v) is 8.06. The first-order valence-corrected chi connectivity index (χ1v) is 8.31. The maximum absolute atomic E-state index is 6.25. The van der Waals surface area contributed by atoms with E-state index in [-0.39, 0.29) is 5.54 Å². The molecule has 3 heteroatoms. The molecule has 0 saturated carbocycles. The Kier molecular flexibility index (Phi) is 6.06. The van der Waals surface area contributed by atoms with Gasteiger partial charge < -0.3 is 10.6 Å². The number of likely N-dealkylation sites (tertiary alicyclic amines) is 1. The molecule has 0 amide bonds. The summed E-state index contributed by atoms with van der Waals surface area (Å²) in [5.74, 6) is 0. The lowest BCUT2D eigenvalue weighted by atomic mass is 9.81. The molecule has 1 rings (SSSR count). The van der Waals surface area contributed by atoms with Crippen molar-refractivity contribution < 1.29 is 0 Å². The highest BCUT2D eigenvalue weighted by Crippen LogP contribution is 2.34. The SMILES string of the molecule is CC(C)N1CCCC(CN)(N(C)C(C)C(C)(C)C)CC1. The Labute approximate surface area is 126 Å². The molecule has 0 aromatic rings.